The van der Waals surface area contributed by atoms with Crippen LogP contribution in [0.3, 0.4) is 0 Å². The van der Waals surface area contributed by atoms with Gasteiger partial charge in [0.15, 0.2) is 12.5 Å². The normalized spacial score (nSPS) is 36.1. The molecule has 2 rings (SSSR count). The molecule has 11 atom stereocenters. The third-order valence-corrected chi connectivity index (χ3v) is 6.11. The van der Waals surface area contributed by atoms with Crippen molar-refractivity contribution in [3.05, 3.63) is 0 Å². The molecule has 0 radical (unpaired) electrons. The summed E-state index contributed by atoms with van der Waals surface area (Å²) in [6.45, 7) is 0.766. The van der Waals surface area contributed by atoms with Crippen LogP contribution >= 0.6 is 0 Å². The van der Waals surface area contributed by atoms with Gasteiger partial charge in [-0.3, -0.25) is 19.2 Å². The summed E-state index contributed by atoms with van der Waals surface area (Å²) in [6, 6.07) is -4.01. The summed E-state index contributed by atoms with van der Waals surface area (Å²) < 4.78 is 17.0. The number of ether oxygens (including phenoxy) is 3. The fourth-order valence-electron chi connectivity index (χ4n) is 4.17. The Kier molecular flexibility index (Phi) is 11.7. The van der Waals surface area contributed by atoms with Gasteiger partial charge in [-0.15, -0.1) is 0 Å². The van der Waals surface area contributed by atoms with Crippen LogP contribution < -0.4 is 21.7 Å². The third kappa shape index (κ3) is 8.01. The number of carboxylic acid groups (broad SMARTS) is 1. The van der Waals surface area contributed by atoms with Crippen molar-refractivity contribution >= 4 is 23.7 Å². The maximum atomic E-state index is 12.4. The number of aliphatic carboxylic acids is 1. The highest BCUT2D eigenvalue weighted by Gasteiger charge is 2.51. The van der Waals surface area contributed by atoms with Crippen molar-refractivity contribution in [1.82, 2.24) is 16.0 Å². The Hall–Kier alpha value is -2.48. The monoisotopic (exact) mass is 552 g/mol. The number of nitrogens with two attached hydrogens (primary N) is 1. The first-order valence-corrected chi connectivity index (χ1v) is 11.8. The molecule has 0 spiro atoms. The lowest BCUT2D eigenvalue weighted by atomic mass is 9.94. The Morgan fingerprint density at radius 3 is 1.97 bits per heavy atom. The fourth-order valence-corrected chi connectivity index (χ4v) is 4.17. The molecule has 11 N–H and O–H groups in total. The minimum Gasteiger partial charge on any atom is -0.480 e. The highest BCUT2D eigenvalue weighted by Crippen LogP contribution is 2.29. The predicted molar refractivity (Wildman–Crippen MR) is 123 cm³/mol. The van der Waals surface area contributed by atoms with Crippen LogP contribution in [-0.4, -0.2) is 135 Å². The third-order valence-electron chi connectivity index (χ3n) is 6.11. The molecular weight excluding hydrogens is 516 g/mol. The van der Waals surface area contributed by atoms with Crippen LogP contribution in [0.2, 0.25) is 0 Å². The van der Waals surface area contributed by atoms with Crippen LogP contribution in [0.4, 0.5) is 0 Å². The molecule has 38 heavy (non-hydrogen) atoms. The van der Waals surface area contributed by atoms with Gasteiger partial charge >= 0.3 is 5.97 Å². The van der Waals surface area contributed by atoms with Crippen molar-refractivity contribution in [2.45, 2.75) is 94.0 Å². The van der Waals surface area contributed by atoms with Gasteiger partial charge in [-0.2, -0.15) is 0 Å². The average Bonchev–Trinajstić information content (AvgIpc) is 2.84. The second-order valence-corrected chi connectivity index (χ2v) is 9.08. The van der Waals surface area contributed by atoms with Crippen LogP contribution in [0, 0.1) is 0 Å². The van der Waals surface area contributed by atoms with Crippen LogP contribution in [-0.2, 0) is 33.4 Å². The van der Waals surface area contributed by atoms with Crippen LogP contribution in [0.5, 0.6) is 0 Å². The van der Waals surface area contributed by atoms with E-state index in [4.69, 9.17) is 25.1 Å². The van der Waals surface area contributed by atoms with Crippen molar-refractivity contribution < 1.29 is 64.0 Å². The second-order valence-electron chi connectivity index (χ2n) is 9.08. The van der Waals surface area contributed by atoms with Gasteiger partial charge in [0, 0.05) is 20.3 Å². The van der Waals surface area contributed by atoms with Crippen LogP contribution in [0.15, 0.2) is 0 Å². The van der Waals surface area contributed by atoms with E-state index in [9.17, 15) is 44.7 Å². The van der Waals surface area contributed by atoms with Crippen molar-refractivity contribution in [3.8, 4) is 0 Å². The summed E-state index contributed by atoms with van der Waals surface area (Å²) in [5, 5.41) is 67.3. The summed E-state index contributed by atoms with van der Waals surface area (Å²) >= 11 is 0. The first-order chi connectivity index (χ1) is 17.8. The average molecular weight is 553 g/mol. The number of amides is 3. The Bertz CT molecular complexity index is 848. The zero-order valence-electron chi connectivity index (χ0n) is 20.8. The van der Waals surface area contributed by atoms with E-state index in [0.717, 1.165) is 13.8 Å². The number of carbonyl (C=O) groups is 4. The molecule has 2 aliphatic heterocycles. The molecular formula is C21H36N4O13. The number of hydrogen-bond acceptors (Lipinski definition) is 13. The van der Waals surface area contributed by atoms with Gasteiger partial charge in [0.25, 0.3) is 0 Å². The van der Waals surface area contributed by atoms with Gasteiger partial charge in [-0.25, -0.2) is 0 Å². The van der Waals surface area contributed by atoms with Crippen molar-refractivity contribution in [1.29, 1.82) is 0 Å². The molecule has 2 fully saturated rings. The molecule has 0 saturated carbocycles. The minimum absolute atomic E-state index is 0.208. The second kappa shape index (κ2) is 14.1. The van der Waals surface area contributed by atoms with Crippen LogP contribution in [0.1, 0.15) is 26.7 Å². The predicted octanol–water partition coefficient (Wildman–Crippen LogP) is -5.79. The van der Waals surface area contributed by atoms with E-state index in [-0.39, 0.29) is 12.8 Å². The molecule has 0 aromatic heterocycles. The smallest absolute Gasteiger partial charge is 0.320 e. The van der Waals surface area contributed by atoms with E-state index in [1.807, 2.05) is 0 Å². The van der Waals surface area contributed by atoms with E-state index in [1.165, 1.54) is 0 Å². The zero-order valence-corrected chi connectivity index (χ0v) is 20.8. The summed E-state index contributed by atoms with van der Waals surface area (Å²) in [7, 11) is 0. The maximum Gasteiger partial charge on any atom is 0.320 e. The summed E-state index contributed by atoms with van der Waals surface area (Å²) in [5.74, 6) is -3.27. The van der Waals surface area contributed by atoms with Crippen molar-refractivity contribution in [3.63, 3.8) is 0 Å². The first kappa shape index (κ1) is 31.7. The number of aliphatic hydroxyl groups is 5. The van der Waals surface area contributed by atoms with Gasteiger partial charge in [0.2, 0.25) is 17.7 Å². The Morgan fingerprint density at radius 1 is 0.868 bits per heavy atom. The van der Waals surface area contributed by atoms with Gasteiger partial charge in [0.05, 0.1) is 13.2 Å². The van der Waals surface area contributed by atoms with Crippen LogP contribution in [0.25, 0.3) is 0 Å². The summed E-state index contributed by atoms with van der Waals surface area (Å²) in [4.78, 5) is 46.8. The van der Waals surface area contributed by atoms with E-state index in [2.05, 4.69) is 16.0 Å². The summed E-state index contributed by atoms with van der Waals surface area (Å²) in [5.41, 5.74) is 5.40. The minimum atomic E-state index is -1.67. The quantitative estimate of drug-likeness (QED) is 0.114. The number of nitrogens with one attached hydrogen (secondary N) is 3. The largest absolute Gasteiger partial charge is 0.480 e. The number of hydrogen-bond donors (Lipinski definition) is 10. The zero-order chi connectivity index (χ0) is 28.7. The lowest BCUT2D eigenvalue weighted by molar-refractivity contribution is -0.315. The number of carbonyl (C=O) groups excluding carboxylic acids is 3. The van der Waals surface area contributed by atoms with E-state index < -0.39 is 104 Å². The molecule has 218 valence electrons. The lowest BCUT2D eigenvalue weighted by Gasteiger charge is -2.48. The van der Waals surface area contributed by atoms with Crippen molar-refractivity contribution in [2.75, 3.05) is 13.2 Å². The van der Waals surface area contributed by atoms with Gasteiger partial charge in [0.1, 0.15) is 54.7 Å². The first-order valence-electron chi connectivity index (χ1n) is 11.8. The lowest BCUT2D eigenvalue weighted by Crippen LogP contribution is -2.71. The topological polar surface area (TPSA) is 279 Å². The molecule has 0 unspecified atom stereocenters. The standard InChI is InChI=1S/C21H36N4O13/c1-7(28)23-13-17(33)18(11(6-27)36-19(13)25-12(30)4-3-9(22)20(34)35)38-21-14(24-8(2)29)16(32)15(31)10(5-26)37-21/h9-11,13-19,21,26-27,31-33H,3-6,22H2,1-2H3,(H,23,28)(H,24,29)(H,25,30)(H,34,35)/t9-,10+,11+,13+,14+,15+,16+,17+,18+,19+,21-/m0/s1. The molecule has 17 heteroatoms. The van der Waals surface area contributed by atoms with E-state index in [0.29, 0.717) is 0 Å². The van der Waals surface area contributed by atoms with Crippen molar-refractivity contribution in [2.24, 2.45) is 5.73 Å². The number of carboxylic acids is 1. The molecule has 0 aliphatic carbocycles. The van der Waals surface area contributed by atoms with E-state index in [1.54, 1.807) is 0 Å². The summed E-state index contributed by atoms with van der Waals surface area (Å²) in [6.07, 6.45) is -12.6. The van der Waals surface area contributed by atoms with Gasteiger partial charge in [-0.1, -0.05) is 0 Å². The highest BCUT2D eigenvalue weighted by atomic mass is 16.7. The fraction of sp³-hybridized carbons (Fsp3) is 0.810. The molecule has 0 aromatic rings. The SMILES string of the molecule is CC(=O)N[C@@H]1[C@@H](O)[C@H](O[C@@H]2O[C@H](CO)[C@@H](O)[C@H](O)[C@H]2NC(C)=O)[C@@H](CO)O[C@H]1NC(=O)CC[C@H](N)C(=O)O. The Balaban J connectivity index is 2.25. The molecule has 17 nitrogen and oxygen atoms in total. The Morgan fingerprint density at radius 2 is 1.45 bits per heavy atom. The Labute approximate surface area is 217 Å². The molecule has 0 aromatic carbocycles. The molecule has 3 amide bonds. The molecule has 2 aliphatic rings. The highest BCUT2D eigenvalue weighted by molar-refractivity contribution is 5.79. The van der Waals surface area contributed by atoms with E-state index >= 15 is 0 Å². The molecule has 0 bridgehead atoms. The molecule has 2 heterocycles. The molecule has 2 saturated heterocycles. The van der Waals surface area contributed by atoms with Gasteiger partial charge < -0.3 is 66.5 Å². The number of rotatable bonds is 11. The number of aliphatic hydroxyl groups excluding tert-OH is 5. The van der Waals surface area contributed by atoms with Gasteiger partial charge in [-0.05, 0) is 6.42 Å². The maximum absolute atomic E-state index is 12.4.